The molecule has 2 aromatic heterocycles. The lowest BCUT2D eigenvalue weighted by atomic mass is 10.2. The van der Waals surface area contributed by atoms with Crippen LogP contribution in [-0.4, -0.2) is 29.1 Å². The SMILES string of the molecule is Cc1cc(C)n(-c2ccc(NC(=O)c3ccc(Cl)c(S(=O)(=O)NCc4ccccc4)c3)cn2)n1. The number of nitrogens with zero attached hydrogens (tertiary/aromatic N) is 3. The number of benzene rings is 2. The van der Waals surface area contributed by atoms with E-state index in [0.717, 1.165) is 17.0 Å². The van der Waals surface area contributed by atoms with Gasteiger partial charge in [-0.05, 0) is 55.8 Å². The van der Waals surface area contributed by atoms with Crippen molar-refractivity contribution in [2.45, 2.75) is 25.3 Å². The topological polar surface area (TPSA) is 106 Å². The van der Waals surface area contributed by atoms with Gasteiger partial charge in [-0.15, -0.1) is 0 Å². The summed E-state index contributed by atoms with van der Waals surface area (Å²) in [4.78, 5) is 17.0. The summed E-state index contributed by atoms with van der Waals surface area (Å²) in [6.07, 6.45) is 1.51. The van der Waals surface area contributed by atoms with Gasteiger partial charge in [0, 0.05) is 17.8 Å². The first-order valence-electron chi connectivity index (χ1n) is 10.4. The predicted molar refractivity (Wildman–Crippen MR) is 131 cm³/mol. The molecule has 2 heterocycles. The van der Waals surface area contributed by atoms with Gasteiger partial charge in [0.2, 0.25) is 10.0 Å². The van der Waals surface area contributed by atoms with Crippen LogP contribution in [0.15, 0.2) is 77.8 Å². The number of aryl methyl sites for hydroxylation is 2. The zero-order valence-electron chi connectivity index (χ0n) is 18.5. The van der Waals surface area contributed by atoms with Crippen LogP contribution in [0.2, 0.25) is 5.02 Å². The molecule has 0 aliphatic rings. The number of pyridine rings is 1. The van der Waals surface area contributed by atoms with Gasteiger partial charge in [-0.3, -0.25) is 4.79 Å². The van der Waals surface area contributed by atoms with Crippen LogP contribution in [0.5, 0.6) is 0 Å². The van der Waals surface area contributed by atoms with E-state index in [2.05, 4.69) is 20.1 Å². The number of carbonyl (C=O) groups is 1. The number of anilines is 1. The molecule has 0 aliphatic carbocycles. The summed E-state index contributed by atoms with van der Waals surface area (Å²) in [5, 5.41) is 7.13. The minimum Gasteiger partial charge on any atom is -0.321 e. The fourth-order valence-corrected chi connectivity index (χ4v) is 4.89. The van der Waals surface area contributed by atoms with E-state index in [4.69, 9.17) is 11.6 Å². The molecule has 2 aromatic carbocycles. The maximum Gasteiger partial charge on any atom is 0.255 e. The van der Waals surface area contributed by atoms with Crippen molar-refractivity contribution in [3.05, 3.63) is 100 Å². The highest BCUT2D eigenvalue weighted by Gasteiger charge is 2.20. The minimum atomic E-state index is -3.94. The first-order chi connectivity index (χ1) is 16.2. The Morgan fingerprint density at radius 2 is 1.79 bits per heavy atom. The Morgan fingerprint density at radius 1 is 1.03 bits per heavy atom. The third-order valence-electron chi connectivity index (χ3n) is 5.02. The monoisotopic (exact) mass is 495 g/mol. The van der Waals surface area contributed by atoms with Crippen LogP contribution in [0.1, 0.15) is 27.3 Å². The lowest BCUT2D eigenvalue weighted by Crippen LogP contribution is -2.24. The molecule has 2 N–H and O–H groups in total. The maximum atomic E-state index is 12.8. The van der Waals surface area contributed by atoms with Crippen LogP contribution in [-0.2, 0) is 16.6 Å². The van der Waals surface area contributed by atoms with Crippen molar-refractivity contribution >= 4 is 33.2 Å². The summed E-state index contributed by atoms with van der Waals surface area (Å²) in [5.74, 6) is 0.129. The average Bonchev–Trinajstić information content (AvgIpc) is 3.17. The van der Waals surface area contributed by atoms with Gasteiger partial charge in [0.05, 0.1) is 22.6 Å². The Morgan fingerprint density at radius 3 is 2.44 bits per heavy atom. The Kier molecular flexibility index (Phi) is 6.78. The lowest BCUT2D eigenvalue weighted by Gasteiger charge is -2.11. The van der Waals surface area contributed by atoms with E-state index in [0.29, 0.717) is 11.5 Å². The molecular weight excluding hydrogens is 474 g/mol. The number of hydrogen-bond acceptors (Lipinski definition) is 5. The fraction of sp³-hybridized carbons (Fsp3) is 0.125. The summed E-state index contributed by atoms with van der Waals surface area (Å²) in [6.45, 7) is 3.93. The van der Waals surface area contributed by atoms with Crippen molar-refractivity contribution in [2.24, 2.45) is 0 Å². The van der Waals surface area contributed by atoms with Crippen molar-refractivity contribution in [3.8, 4) is 5.82 Å². The standard InChI is InChI=1S/C24H22ClN5O3S/c1-16-12-17(2)30(29-16)23-11-9-20(15-26-23)28-24(31)19-8-10-21(25)22(13-19)34(32,33)27-14-18-6-4-3-5-7-18/h3-13,15,27H,14H2,1-2H3,(H,28,31). The van der Waals surface area contributed by atoms with Gasteiger partial charge in [-0.25, -0.2) is 22.8 Å². The summed E-state index contributed by atoms with van der Waals surface area (Å²) < 4.78 is 29.9. The molecule has 0 saturated heterocycles. The number of amides is 1. The number of aromatic nitrogens is 3. The Bertz CT molecular complexity index is 1440. The van der Waals surface area contributed by atoms with Gasteiger partial charge < -0.3 is 5.32 Å². The maximum absolute atomic E-state index is 12.8. The van der Waals surface area contributed by atoms with E-state index in [1.807, 2.05) is 50.2 Å². The second-order valence-electron chi connectivity index (χ2n) is 7.65. The highest BCUT2D eigenvalue weighted by Crippen LogP contribution is 2.24. The molecule has 0 fully saturated rings. The van der Waals surface area contributed by atoms with Crippen molar-refractivity contribution in [2.75, 3.05) is 5.32 Å². The van der Waals surface area contributed by atoms with E-state index in [1.165, 1.54) is 24.4 Å². The molecule has 0 atom stereocenters. The van der Waals surface area contributed by atoms with Gasteiger partial charge >= 0.3 is 0 Å². The number of halogens is 1. The second-order valence-corrected chi connectivity index (χ2v) is 9.80. The van der Waals surface area contributed by atoms with Gasteiger partial charge in [0.1, 0.15) is 4.90 Å². The molecule has 0 spiro atoms. The molecule has 8 nitrogen and oxygen atoms in total. The molecule has 1 amide bonds. The Balaban J connectivity index is 1.49. The second kappa shape index (κ2) is 9.76. The van der Waals surface area contributed by atoms with Crippen molar-refractivity contribution < 1.29 is 13.2 Å². The van der Waals surface area contributed by atoms with Gasteiger partial charge in [0.25, 0.3) is 5.91 Å². The molecule has 34 heavy (non-hydrogen) atoms. The molecule has 0 radical (unpaired) electrons. The van der Waals surface area contributed by atoms with E-state index in [1.54, 1.807) is 16.8 Å². The summed E-state index contributed by atoms with van der Waals surface area (Å²) in [6, 6.07) is 18.6. The fourth-order valence-electron chi connectivity index (χ4n) is 3.35. The third-order valence-corrected chi connectivity index (χ3v) is 6.91. The van der Waals surface area contributed by atoms with Crippen molar-refractivity contribution in [3.63, 3.8) is 0 Å². The molecule has 10 heteroatoms. The average molecular weight is 496 g/mol. The molecule has 0 unspecified atom stereocenters. The zero-order chi connectivity index (χ0) is 24.3. The molecule has 4 aromatic rings. The third kappa shape index (κ3) is 5.33. The van der Waals surface area contributed by atoms with E-state index in [-0.39, 0.29) is 22.0 Å². The van der Waals surface area contributed by atoms with E-state index in [9.17, 15) is 13.2 Å². The first-order valence-corrected chi connectivity index (χ1v) is 12.2. The Labute approximate surface area is 202 Å². The van der Waals surface area contributed by atoms with Crippen LogP contribution in [0.3, 0.4) is 0 Å². The highest BCUT2D eigenvalue weighted by atomic mass is 35.5. The van der Waals surface area contributed by atoms with Crippen LogP contribution in [0, 0.1) is 13.8 Å². The van der Waals surface area contributed by atoms with Crippen molar-refractivity contribution in [1.29, 1.82) is 0 Å². The molecule has 4 rings (SSSR count). The predicted octanol–water partition coefficient (Wildman–Crippen LogP) is 4.27. The number of rotatable bonds is 7. The Hall–Kier alpha value is -3.53. The van der Waals surface area contributed by atoms with Crippen LogP contribution in [0.25, 0.3) is 5.82 Å². The van der Waals surface area contributed by atoms with E-state index < -0.39 is 15.9 Å². The zero-order valence-corrected chi connectivity index (χ0v) is 20.1. The normalized spacial score (nSPS) is 11.4. The molecule has 174 valence electrons. The molecule has 0 bridgehead atoms. The summed E-state index contributed by atoms with van der Waals surface area (Å²) in [7, 11) is -3.94. The minimum absolute atomic E-state index is 0.0213. The molecular formula is C24H22ClN5O3S. The van der Waals surface area contributed by atoms with Gasteiger partial charge in [-0.1, -0.05) is 41.9 Å². The summed E-state index contributed by atoms with van der Waals surface area (Å²) in [5.41, 5.74) is 3.22. The smallest absolute Gasteiger partial charge is 0.255 e. The van der Waals surface area contributed by atoms with Crippen molar-refractivity contribution in [1.82, 2.24) is 19.5 Å². The number of carbonyl (C=O) groups excluding carboxylic acids is 1. The van der Waals surface area contributed by atoms with E-state index >= 15 is 0 Å². The summed E-state index contributed by atoms with van der Waals surface area (Å²) >= 11 is 6.15. The van der Waals surface area contributed by atoms with Crippen LogP contribution >= 0.6 is 11.6 Å². The van der Waals surface area contributed by atoms with Gasteiger partial charge in [0.15, 0.2) is 5.82 Å². The number of hydrogen-bond donors (Lipinski definition) is 2. The number of nitrogens with one attached hydrogen (secondary N) is 2. The van der Waals surface area contributed by atoms with Crippen LogP contribution < -0.4 is 10.0 Å². The molecule has 0 aliphatic heterocycles. The first kappa shape index (κ1) is 23.6. The number of sulfonamides is 1. The molecule has 0 saturated carbocycles. The van der Waals surface area contributed by atoms with Crippen LogP contribution in [0.4, 0.5) is 5.69 Å². The highest BCUT2D eigenvalue weighted by molar-refractivity contribution is 7.89. The van der Waals surface area contributed by atoms with Gasteiger partial charge in [-0.2, -0.15) is 5.10 Å². The quantitative estimate of drug-likeness (QED) is 0.398. The largest absolute Gasteiger partial charge is 0.321 e. The lowest BCUT2D eigenvalue weighted by molar-refractivity contribution is 0.102.